The van der Waals surface area contributed by atoms with E-state index < -0.39 is 10.0 Å². The molecule has 5 nitrogen and oxygen atoms in total. The Morgan fingerprint density at radius 2 is 1.86 bits per heavy atom. The molecule has 0 saturated carbocycles. The van der Waals surface area contributed by atoms with Crippen molar-refractivity contribution in [1.29, 1.82) is 0 Å². The van der Waals surface area contributed by atoms with Crippen LogP contribution in [0.2, 0.25) is 5.02 Å². The van der Waals surface area contributed by atoms with Crippen LogP contribution in [0, 0.1) is 0 Å². The van der Waals surface area contributed by atoms with Crippen LogP contribution in [0.3, 0.4) is 0 Å². The molecule has 1 aromatic heterocycles. The van der Waals surface area contributed by atoms with Crippen molar-refractivity contribution in [1.82, 2.24) is 14.2 Å². The van der Waals surface area contributed by atoms with E-state index in [0.717, 1.165) is 25.9 Å². The maximum Gasteiger partial charge on any atom is 0.244 e. The van der Waals surface area contributed by atoms with Gasteiger partial charge in [0.25, 0.3) is 0 Å². The molecule has 0 amide bonds. The molecule has 1 atom stereocenters. The van der Waals surface area contributed by atoms with E-state index >= 15 is 0 Å². The molecule has 122 valence electrons. The molecule has 0 radical (unpaired) electrons. The van der Waals surface area contributed by atoms with Gasteiger partial charge in [-0.25, -0.2) is 8.42 Å². The van der Waals surface area contributed by atoms with Gasteiger partial charge in [0.05, 0.1) is 5.02 Å². The molecule has 0 aromatic carbocycles. The van der Waals surface area contributed by atoms with Gasteiger partial charge < -0.3 is 0 Å². The molecule has 3 heterocycles. The Balaban J connectivity index is 1.76. The van der Waals surface area contributed by atoms with Crippen molar-refractivity contribution in [3.05, 3.63) is 23.5 Å². The number of sulfonamides is 1. The van der Waals surface area contributed by atoms with Gasteiger partial charge in [0.2, 0.25) is 10.0 Å². The number of hydrogen-bond donors (Lipinski definition) is 0. The van der Waals surface area contributed by atoms with Crippen LogP contribution in [-0.2, 0) is 10.0 Å². The highest BCUT2D eigenvalue weighted by Crippen LogP contribution is 2.25. The summed E-state index contributed by atoms with van der Waals surface area (Å²) >= 11 is 5.89. The largest absolute Gasteiger partial charge is 0.299 e. The second-order valence-electron chi connectivity index (χ2n) is 6.09. The van der Waals surface area contributed by atoms with Gasteiger partial charge in [-0.2, -0.15) is 4.31 Å². The van der Waals surface area contributed by atoms with Crippen LogP contribution >= 0.6 is 11.6 Å². The van der Waals surface area contributed by atoms with Crippen LogP contribution in [0.1, 0.15) is 32.1 Å². The first-order valence-corrected chi connectivity index (χ1v) is 9.74. The molecular formula is C15H22ClN3O2S. The zero-order chi connectivity index (χ0) is 15.6. The quantitative estimate of drug-likeness (QED) is 0.845. The molecule has 0 N–H and O–H groups in total. The van der Waals surface area contributed by atoms with Crippen molar-refractivity contribution >= 4 is 21.6 Å². The SMILES string of the molecule is O=S(=O)(c1cncc(Cl)c1)N1CCC[C@H](N2CCCCC2)C1. The zero-order valence-electron chi connectivity index (χ0n) is 12.6. The van der Waals surface area contributed by atoms with Crippen LogP contribution in [0.4, 0.5) is 0 Å². The predicted molar refractivity (Wildman–Crippen MR) is 86.5 cm³/mol. The molecule has 7 heteroatoms. The lowest BCUT2D eigenvalue weighted by molar-refractivity contribution is 0.114. The molecule has 3 rings (SSSR count). The van der Waals surface area contributed by atoms with Crippen LogP contribution in [-0.4, -0.2) is 54.8 Å². The molecule has 22 heavy (non-hydrogen) atoms. The first-order chi connectivity index (χ1) is 10.6. The lowest BCUT2D eigenvalue weighted by Crippen LogP contribution is -2.51. The van der Waals surface area contributed by atoms with Gasteiger partial charge in [-0.05, 0) is 44.8 Å². The van der Waals surface area contributed by atoms with Crippen molar-refractivity contribution in [3.8, 4) is 0 Å². The summed E-state index contributed by atoms with van der Waals surface area (Å²) in [7, 11) is -3.50. The Labute approximate surface area is 137 Å². The van der Waals surface area contributed by atoms with Gasteiger partial charge in [-0.1, -0.05) is 18.0 Å². The highest BCUT2D eigenvalue weighted by molar-refractivity contribution is 7.89. The molecule has 1 aromatic rings. The van der Waals surface area contributed by atoms with E-state index in [-0.39, 0.29) is 4.90 Å². The highest BCUT2D eigenvalue weighted by Gasteiger charge is 2.33. The lowest BCUT2D eigenvalue weighted by Gasteiger charge is -2.40. The topological polar surface area (TPSA) is 53.5 Å². The number of piperidine rings is 2. The first-order valence-electron chi connectivity index (χ1n) is 7.92. The third-order valence-electron chi connectivity index (χ3n) is 4.58. The summed E-state index contributed by atoms with van der Waals surface area (Å²) in [6.45, 7) is 3.35. The molecule has 2 aliphatic rings. The normalized spacial score (nSPS) is 25.2. The molecule has 2 aliphatic heterocycles. The van der Waals surface area contributed by atoms with E-state index in [1.165, 1.54) is 37.7 Å². The minimum atomic E-state index is -3.50. The molecule has 2 saturated heterocycles. The third kappa shape index (κ3) is 3.45. The molecule has 0 unspecified atom stereocenters. The molecule has 0 spiro atoms. The standard InChI is InChI=1S/C15H22ClN3O2S/c16-13-9-15(11-17-10-13)22(20,21)19-8-4-5-14(12-19)18-6-2-1-3-7-18/h9-11,14H,1-8,12H2/t14-/m0/s1. The van der Waals surface area contributed by atoms with Gasteiger partial charge in [0.1, 0.15) is 4.90 Å². The minimum absolute atomic E-state index is 0.194. The fourth-order valence-corrected chi connectivity index (χ4v) is 5.15. The van der Waals surface area contributed by atoms with Crippen LogP contribution < -0.4 is 0 Å². The number of hydrogen-bond acceptors (Lipinski definition) is 4. The Bertz CT molecular complexity index is 617. The number of aromatic nitrogens is 1. The smallest absolute Gasteiger partial charge is 0.244 e. The Kier molecular flexibility index (Phi) is 5.02. The van der Waals surface area contributed by atoms with Crippen molar-refractivity contribution < 1.29 is 8.42 Å². The Morgan fingerprint density at radius 3 is 2.59 bits per heavy atom. The van der Waals surface area contributed by atoms with Crippen molar-refractivity contribution in [2.24, 2.45) is 0 Å². The summed E-state index contributed by atoms with van der Waals surface area (Å²) in [5.41, 5.74) is 0. The van der Waals surface area contributed by atoms with E-state index in [1.54, 1.807) is 4.31 Å². The van der Waals surface area contributed by atoms with Crippen molar-refractivity contribution in [2.45, 2.75) is 43.0 Å². The van der Waals surface area contributed by atoms with Crippen LogP contribution in [0.15, 0.2) is 23.4 Å². The lowest BCUT2D eigenvalue weighted by atomic mass is 10.0. The average molecular weight is 344 g/mol. The van der Waals surface area contributed by atoms with Gasteiger partial charge in [0, 0.05) is 31.5 Å². The second kappa shape index (κ2) is 6.83. The molecule has 0 aliphatic carbocycles. The maximum absolute atomic E-state index is 12.8. The predicted octanol–water partition coefficient (Wildman–Crippen LogP) is 2.37. The van der Waals surface area contributed by atoms with E-state index in [0.29, 0.717) is 24.2 Å². The Hall–Kier alpha value is -0.690. The fraction of sp³-hybridized carbons (Fsp3) is 0.667. The highest BCUT2D eigenvalue weighted by atomic mass is 35.5. The summed E-state index contributed by atoms with van der Waals surface area (Å²) in [5, 5.41) is 0.352. The number of nitrogens with zero attached hydrogens (tertiary/aromatic N) is 3. The van der Waals surface area contributed by atoms with Crippen molar-refractivity contribution in [2.75, 3.05) is 26.2 Å². The number of pyridine rings is 1. The number of likely N-dealkylation sites (tertiary alicyclic amines) is 1. The van der Waals surface area contributed by atoms with Crippen LogP contribution in [0.5, 0.6) is 0 Å². The molecular weight excluding hydrogens is 322 g/mol. The van der Waals surface area contributed by atoms with Gasteiger partial charge >= 0.3 is 0 Å². The van der Waals surface area contributed by atoms with Gasteiger partial charge in [0.15, 0.2) is 0 Å². The molecule has 0 bridgehead atoms. The van der Waals surface area contributed by atoms with E-state index in [4.69, 9.17) is 11.6 Å². The van der Waals surface area contributed by atoms with Gasteiger partial charge in [-0.3, -0.25) is 9.88 Å². The minimum Gasteiger partial charge on any atom is -0.299 e. The van der Waals surface area contributed by atoms with E-state index in [9.17, 15) is 8.42 Å². The number of rotatable bonds is 3. The second-order valence-corrected chi connectivity index (χ2v) is 8.47. The summed E-state index contributed by atoms with van der Waals surface area (Å²) in [4.78, 5) is 6.56. The van der Waals surface area contributed by atoms with E-state index in [1.807, 2.05) is 0 Å². The van der Waals surface area contributed by atoms with E-state index in [2.05, 4.69) is 9.88 Å². The summed E-state index contributed by atoms with van der Waals surface area (Å²) in [6.07, 6.45) is 8.57. The fourth-order valence-electron chi connectivity index (χ4n) is 3.40. The monoisotopic (exact) mass is 343 g/mol. The first kappa shape index (κ1) is 16.2. The summed E-state index contributed by atoms with van der Waals surface area (Å²) < 4.78 is 27.2. The van der Waals surface area contributed by atoms with Crippen LogP contribution in [0.25, 0.3) is 0 Å². The third-order valence-corrected chi connectivity index (χ3v) is 6.62. The number of halogens is 1. The molecule has 2 fully saturated rings. The average Bonchev–Trinajstić information content (AvgIpc) is 2.56. The Morgan fingerprint density at radius 1 is 1.09 bits per heavy atom. The maximum atomic E-state index is 12.8. The summed E-state index contributed by atoms with van der Waals surface area (Å²) in [5.74, 6) is 0. The summed E-state index contributed by atoms with van der Waals surface area (Å²) in [6, 6.07) is 1.82. The van der Waals surface area contributed by atoms with Crippen molar-refractivity contribution in [3.63, 3.8) is 0 Å². The van der Waals surface area contributed by atoms with Gasteiger partial charge in [-0.15, -0.1) is 0 Å². The zero-order valence-corrected chi connectivity index (χ0v) is 14.2.